The van der Waals surface area contributed by atoms with Gasteiger partial charge < -0.3 is 11.1 Å². The number of hydrogen-bond donors (Lipinski definition) is 3. The lowest BCUT2D eigenvalue weighted by Crippen LogP contribution is -2.36. The van der Waals surface area contributed by atoms with Crippen molar-refractivity contribution in [1.82, 2.24) is 9.88 Å². The molecule has 28 heavy (non-hydrogen) atoms. The maximum atomic E-state index is 12.5. The molecule has 148 valence electrons. The molecule has 1 aliphatic heterocycles. The highest BCUT2D eigenvalue weighted by Gasteiger charge is 2.22. The summed E-state index contributed by atoms with van der Waals surface area (Å²) in [5.74, 6) is -0.130. The zero-order chi connectivity index (χ0) is 20.3. The van der Waals surface area contributed by atoms with Gasteiger partial charge in [-0.15, -0.1) is 0 Å². The number of benzene rings is 1. The normalized spacial score (nSPS) is 15.5. The van der Waals surface area contributed by atoms with E-state index in [1.807, 2.05) is 24.3 Å². The summed E-state index contributed by atoms with van der Waals surface area (Å²) in [7, 11) is -3.83. The third kappa shape index (κ3) is 5.08. The van der Waals surface area contributed by atoms with E-state index in [-0.39, 0.29) is 16.6 Å². The van der Waals surface area contributed by atoms with Crippen LogP contribution in [0.3, 0.4) is 0 Å². The van der Waals surface area contributed by atoms with Gasteiger partial charge in [0.15, 0.2) is 0 Å². The van der Waals surface area contributed by atoms with Crippen LogP contribution in [0.5, 0.6) is 0 Å². The number of nitrogens with two attached hydrogens (primary N) is 2. The third-order valence-corrected chi connectivity index (χ3v) is 5.47. The standard InChI is InChI=1S/C18H20ClN5O3S/c19-13-3-1-2-12(8-13)10-24-7-6-15(16(20)11-24)18(25)23-17-5-4-14(9-22-17)28(21,26)27/h1-5,8-9H,6-7,10-11,20H2,(H2,21,26,27)(H,22,23,25). The fourth-order valence-electron chi connectivity index (χ4n) is 2.95. The summed E-state index contributed by atoms with van der Waals surface area (Å²) < 4.78 is 22.5. The molecular weight excluding hydrogens is 402 g/mol. The number of primary sulfonamides is 1. The monoisotopic (exact) mass is 421 g/mol. The number of aromatic nitrogens is 1. The van der Waals surface area contributed by atoms with Crippen LogP contribution in [0.2, 0.25) is 5.02 Å². The Morgan fingerprint density at radius 1 is 1.29 bits per heavy atom. The lowest BCUT2D eigenvalue weighted by molar-refractivity contribution is -0.113. The summed E-state index contributed by atoms with van der Waals surface area (Å²) in [6.07, 6.45) is 1.59. The van der Waals surface area contributed by atoms with Crippen molar-refractivity contribution < 1.29 is 13.2 Å². The third-order valence-electron chi connectivity index (χ3n) is 4.34. The van der Waals surface area contributed by atoms with Gasteiger partial charge in [-0.3, -0.25) is 9.69 Å². The zero-order valence-electron chi connectivity index (χ0n) is 14.9. The Morgan fingerprint density at radius 3 is 2.68 bits per heavy atom. The van der Waals surface area contributed by atoms with E-state index in [0.717, 1.165) is 11.8 Å². The minimum atomic E-state index is -3.83. The first-order valence-corrected chi connectivity index (χ1v) is 10.4. The molecular formula is C18H20ClN5O3S. The number of amides is 1. The lowest BCUT2D eigenvalue weighted by atomic mass is 10.0. The van der Waals surface area contributed by atoms with Crippen molar-refractivity contribution in [1.29, 1.82) is 0 Å². The number of sulfonamides is 1. The van der Waals surface area contributed by atoms with Crippen LogP contribution in [0, 0.1) is 0 Å². The number of nitrogens with zero attached hydrogens (tertiary/aromatic N) is 2. The second-order valence-corrected chi connectivity index (χ2v) is 8.47. The van der Waals surface area contributed by atoms with Gasteiger partial charge in [0.2, 0.25) is 10.0 Å². The molecule has 2 heterocycles. The maximum absolute atomic E-state index is 12.5. The van der Waals surface area contributed by atoms with E-state index in [9.17, 15) is 13.2 Å². The summed E-state index contributed by atoms with van der Waals surface area (Å²) in [4.78, 5) is 18.4. The van der Waals surface area contributed by atoms with Gasteiger partial charge in [0, 0.05) is 42.1 Å². The average molecular weight is 422 g/mol. The molecule has 3 rings (SSSR count). The van der Waals surface area contributed by atoms with Crippen molar-refractivity contribution >= 4 is 33.3 Å². The highest BCUT2D eigenvalue weighted by Crippen LogP contribution is 2.20. The lowest BCUT2D eigenvalue weighted by Gasteiger charge is -2.28. The topological polar surface area (TPSA) is 131 Å². The Bertz CT molecular complexity index is 1020. The first-order chi connectivity index (χ1) is 13.2. The molecule has 0 spiro atoms. The molecule has 0 saturated heterocycles. The number of nitrogens with one attached hydrogen (secondary N) is 1. The quantitative estimate of drug-likeness (QED) is 0.669. The second-order valence-electron chi connectivity index (χ2n) is 6.47. The van der Waals surface area contributed by atoms with Crippen molar-refractivity contribution in [2.45, 2.75) is 17.9 Å². The van der Waals surface area contributed by atoms with Gasteiger partial charge in [-0.05, 0) is 36.2 Å². The zero-order valence-corrected chi connectivity index (χ0v) is 16.5. The minimum Gasteiger partial charge on any atom is -0.401 e. The van der Waals surface area contributed by atoms with E-state index >= 15 is 0 Å². The molecule has 0 bridgehead atoms. The van der Waals surface area contributed by atoms with Gasteiger partial charge >= 0.3 is 0 Å². The fraction of sp³-hybridized carbons (Fsp3) is 0.222. The molecule has 10 heteroatoms. The first kappa shape index (κ1) is 20.3. The molecule has 0 radical (unpaired) electrons. The largest absolute Gasteiger partial charge is 0.401 e. The van der Waals surface area contributed by atoms with Gasteiger partial charge in [0.1, 0.15) is 10.7 Å². The Balaban J connectivity index is 1.64. The molecule has 1 aromatic carbocycles. The summed E-state index contributed by atoms with van der Waals surface area (Å²) in [6.45, 7) is 1.83. The Kier molecular flexibility index (Phi) is 5.99. The fourth-order valence-corrected chi connectivity index (χ4v) is 3.62. The van der Waals surface area contributed by atoms with E-state index in [1.165, 1.54) is 12.1 Å². The summed E-state index contributed by atoms with van der Waals surface area (Å²) in [5.41, 5.74) is 8.19. The van der Waals surface area contributed by atoms with Crippen molar-refractivity contribution in [3.63, 3.8) is 0 Å². The molecule has 1 aliphatic rings. The van der Waals surface area contributed by atoms with E-state index in [0.29, 0.717) is 42.3 Å². The average Bonchev–Trinajstić information content (AvgIpc) is 2.61. The number of hydrogen-bond acceptors (Lipinski definition) is 6. The summed E-state index contributed by atoms with van der Waals surface area (Å²) in [5, 5.41) is 8.34. The molecule has 1 aromatic heterocycles. The molecule has 8 nitrogen and oxygen atoms in total. The van der Waals surface area contributed by atoms with Crippen molar-refractivity contribution in [2.24, 2.45) is 10.9 Å². The van der Waals surface area contributed by atoms with Gasteiger partial charge in [0.05, 0.1) is 0 Å². The number of rotatable bonds is 5. The maximum Gasteiger partial charge on any atom is 0.254 e. The van der Waals surface area contributed by atoms with Crippen LogP contribution in [0.1, 0.15) is 12.0 Å². The summed E-state index contributed by atoms with van der Waals surface area (Å²) in [6, 6.07) is 10.3. The van der Waals surface area contributed by atoms with Gasteiger partial charge in [-0.1, -0.05) is 23.7 Å². The Labute approximate surface area is 168 Å². The van der Waals surface area contributed by atoms with Gasteiger partial charge in [-0.2, -0.15) is 0 Å². The van der Waals surface area contributed by atoms with Gasteiger partial charge in [0.25, 0.3) is 5.91 Å². The molecule has 0 unspecified atom stereocenters. The number of carbonyl (C=O) groups excluding carboxylic acids is 1. The molecule has 0 saturated carbocycles. The van der Waals surface area contributed by atoms with Crippen molar-refractivity contribution in [3.8, 4) is 0 Å². The van der Waals surface area contributed by atoms with Crippen LogP contribution in [0.4, 0.5) is 5.82 Å². The summed E-state index contributed by atoms with van der Waals surface area (Å²) >= 11 is 6.02. The van der Waals surface area contributed by atoms with Crippen LogP contribution >= 0.6 is 11.6 Å². The van der Waals surface area contributed by atoms with Crippen LogP contribution in [-0.4, -0.2) is 37.3 Å². The molecule has 5 N–H and O–H groups in total. The van der Waals surface area contributed by atoms with Crippen molar-refractivity contribution in [3.05, 3.63) is 64.5 Å². The number of halogens is 1. The molecule has 0 atom stereocenters. The smallest absolute Gasteiger partial charge is 0.254 e. The Morgan fingerprint density at radius 2 is 2.07 bits per heavy atom. The van der Waals surface area contributed by atoms with E-state index in [2.05, 4.69) is 15.2 Å². The minimum absolute atomic E-state index is 0.126. The van der Waals surface area contributed by atoms with E-state index < -0.39 is 10.0 Å². The SMILES string of the molecule is NC1=C(C(=O)Nc2ccc(S(N)(=O)=O)cn2)CCN(Cc2cccc(Cl)c2)C1. The van der Waals surface area contributed by atoms with Crippen molar-refractivity contribution in [2.75, 3.05) is 18.4 Å². The highest BCUT2D eigenvalue weighted by atomic mass is 35.5. The number of anilines is 1. The molecule has 0 fully saturated rings. The first-order valence-electron chi connectivity index (χ1n) is 8.47. The highest BCUT2D eigenvalue weighted by molar-refractivity contribution is 7.89. The second kappa shape index (κ2) is 8.27. The van der Waals surface area contributed by atoms with Crippen LogP contribution in [-0.2, 0) is 21.4 Å². The number of pyridine rings is 1. The molecule has 2 aromatic rings. The predicted molar refractivity (Wildman–Crippen MR) is 107 cm³/mol. The number of carbonyl (C=O) groups is 1. The van der Waals surface area contributed by atoms with E-state index in [4.69, 9.17) is 22.5 Å². The van der Waals surface area contributed by atoms with Crippen LogP contribution in [0.15, 0.2) is 58.8 Å². The van der Waals surface area contributed by atoms with Gasteiger partial charge in [-0.25, -0.2) is 18.5 Å². The Hall–Kier alpha value is -2.46. The predicted octanol–water partition coefficient (Wildman–Crippen LogP) is 1.44. The van der Waals surface area contributed by atoms with E-state index in [1.54, 1.807) is 0 Å². The van der Waals surface area contributed by atoms with Crippen LogP contribution in [0.25, 0.3) is 0 Å². The van der Waals surface area contributed by atoms with Crippen LogP contribution < -0.4 is 16.2 Å². The molecule has 1 amide bonds. The molecule has 0 aliphatic carbocycles.